The minimum Gasteiger partial charge on any atom is -0.234 e. The number of carbonyl (C=O) groups excluding carboxylic acids is 1. The van der Waals surface area contributed by atoms with E-state index in [2.05, 4.69) is 0 Å². The van der Waals surface area contributed by atoms with Crippen molar-refractivity contribution in [3.05, 3.63) is 107 Å². The molecule has 0 saturated carbocycles. The third-order valence-corrected chi connectivity index (χ3v) is 6.05. The summed E-state index contributed by atoms with van der Waals surface area (Å²) < 4.78 is 13.3. The predicted octanol–water partition coefficient (Wildman–Crippen LogP) is 6.06. The van der Waals surface area contributed by atoms with Gasteiger partial charge in [0.15, 0.2) is 0 Å². The molecule has 0 aliphatic rings. The Labute approximate surface area is 149 Å². The minimum atomic E-state index is -2.16. The van der Waals surface area contributed by atoms with Crippen molar-refractivity contribution in [1.82, 2.24) is 0 Å². The lowest BCUT2D eigenvalue weighted by atomic mass is 10.0. The maximum absolute atomic E-state index is 13.3. The molecule has 0 spiro atoms. The fourth-order valence-electron chi connectivity index (χ4n) is 3.11. The molecule has 3 rings (SSSR count). The van der Waals surface area contributed by atoms with Crippen LogP contribution in [0.25, 0.3) is 0 Å². The first kappa shape index (κ1) is 17.3. The van der Waals surface area contributed by atoms with Gasteiger partial charge in [0.25, 0.3) is 0 Å². The standard InChI is InChI=1S/C22H20O2P/c1-16-10-9-11-17(2)20(16)22(23)25(24)21(18-12-5-3-6-13-18)19-14-7-4-8-15-19/h3-15,21H,1-2H3/q+1. The number of aryl methyl sites for hydroxylation is 2. The number of carbonyl (C=O) groups is 1. The van der Waals surface area contributed by atoms with Crippen LogP contribution in [-0.2, 0) is 4.57 Å². The first-order valence-electron chi connectivity index (χ1n) is 8.26. The summed E-state index contributed by atoms with van der Waals surface area (Å²) >= 11 is 0. The molecule has 0 radical (unpaired) electrons. The average Bonchev–Trinajstić information content (AvgIpc) is 2.63. The van der Waals surface area contributed by atoms with Gasteiger partial charge in [-0.25, -0.2) is 4.79 Å². The van der Waals surface area contributed by atoms with Crippen LogP contribution in [0.5, 0.6) is 0 Å². The van der Waals surface area contributed by atoms with Crippen LogP contribution >= 0.6 is 7.80 Å². The number of hydrogen-bond donors (Lipinski definition) is 0. The zero-order chi connectivity index (χ0) is 17.8. The lowest BCUT2D eigenvalue weighted by Gasteiger charge is -2.09. The highest BCUT2D eigenvalue weighted by atomic mass is 31.1. The van der Waals surface area contributed by atoms with E-state index < -0.39 is 13.5 Å². The van der Waals surface area contributed by atoms with Crippen molar-refractivity contribution in [2.75, 3.05) is 0 Å². The topological polar surface area (TPSA) is 34.1 Å². The molecule has 3 aromatic rings. The Morgan fingerprint density at radius 3 is 1.60 bits per heavy atom. The molecule has 25 heavy (non-hydrogen) atoms. The molecular formula is C22H20O2P+. The molecule has 3 heteroatoms. The summed E-state index contributed by atoms with van der Waals surface area (Å²) in [6.07, 6.45) is 0. The van der Waals surface area contributed by atoms with Crippen LogP contribution in [0, 0.1) is 13.8 Å². The van der Waals surface area contributed by atoms with E-state index >= 15 is 0 Å². The van der Waals surface area contributed by atoms with E-state index in [-0.39, 0.29) is 5.52 Å². The van der Waals surface area contributed by atoms with Crippen molar-refractivity contribution in [2.45, 2.75) is 19.5 Å². The zero-order valence-corrected chi connectivity index (χ0v) is 15.2. The molecule has 0 bridgehead atoms. The summed E-state index contributed by atoms with van der Waals surface area (Å²) in [4.78, 5) is 13.1. The second kappa shape index (κ2) is 7.55. The molecule has 0 aromatic heterocycles. The number of rotatable bonds is 5. The third kappa shape index (κ3) is 3.60. The number of hydrogen-bond acceptors (Lipinski definition) is 2. The van der Waals surface area contributed by atoms with E-state index in [1.165, 1.54) is 0 Å². The van der Waals surface area contributed by atoms with Gasteiger partial charge in [0, 0.05) is 11.1 Å². The first-order valence-corrected chi connectivity index (χ1v) is 9.59. The van der Waals surface area contributed by atoms with E-state index in [4.69, 9.17) is 0 Å². The second-order valence-corrected chi connectivity index (χ2v) is 7.70. The fraction of sp³-hybridized carbons (Fsp3) is 0.136. The van der Waals surface area contributed by atoms with Gasteiger partial charge in [0.1, 0.15) is 0 Å². The van der Waals surface area contributed by atoms with Crippen molar-refractivity contribution in [3.8, 4) is 0 Å². The minimum absolute atomic E-state index is 0.275. The molecule has 3 aromatic carbocycles. The smallest absolute Gasteiger partial charge is 0.234 e. The largest absolute Gasteiger partial charge is 0.432 e. The van der Waals surface area contributed by atoms with E-state index in [0.717, 1.165) is 22.3 Å². The van der Waals surface area contributed by atoms with Crippen LogP contribution in [0.4, 0.5) is 0 Å². The Morgan fingerprint density at radius 1 is 0.720 bits per heavy atom. The van der Waals surface area contributed by atoms with E-state index in [9.17, 15) is 9.36 Å². The highest BCUT2D eigenvalue weighted by molar-refractivity contribution is 7.65. The Kier molecular flexibility index (Phi) is 5.21. The second-order valence-electron chi connectivity index (χ2n) is 6.12. The Balaban J connectivity index is 2.08. The number of benzene rings is 3. The van der Waals surface area contributed by atoms with Gasteiger partial charge in [-0.1, -0.05) is 83.4 Å². The molecule has 1 unspecified atom stereocenters. The van der Waals surface area contributed by atoms with Crippen molar-refractivity contribution >= 4 is 13.3 Å². The fourth-order valence-corrected chi connectivity index (χ4v) is 4.81. The zero-order valence-electron chi connectivity index (χ0n) is 14.3. The van der Waals surface area contributed by atoms with Gasteiger partial charge in [-0.05, 0) is 25.0 Å². The highest BCUT2D eigenvalue weighted by Gasteiger charge is 2.42. The van der Waals surface area contributed by atoms with Gasteiger partial charge in [0.2, 0.25) is 5.66 Å². The summed E-state index contributed by atoms with van der Waals surface area (Å²) in [7, 11) is -2.16. The summed E-state index contributed by atoms with van der Waals surface area (Å²) in [6.45, 7) is 3.78. The molecule has 1 atom stereocenters. The normalized spacial score (nSPS) is 11.4. The van der Waals surface area contributed by atoms with Crippen molar-refractivity contribution in [3.63, 3.8) is 0 Å². The maximum atomic E-state index is 13.3. The Bertz CT molecular complexity index is 842. The van der Waals surface area contributed by atoms with E-state index in [1.807, 2.05) is 92.7 Å². The quantitative estimate of drug-likeness (QED) is 0.526. The van der Waals surface area contributed by atoms with Crippen molar-refractivity contribution < 1.29 is 9.36 Å². The average molecular weight is 347 g/mol. The summed E-state index contributed by atoms with van der Waals surface area (Å²) in [5, 5.41) is 0. The van der Waals surface area contributed by atoms with E-state index in [1.54, 1.807) is 0 Å². The molecule has 124 valence electrons. The molecule has 0 heterocycles. The molecule has 0 fully saturated rings. The molecule has 0 aliphatic heterocycles. The monoisotopic (exact) mass is 347 g/mol. The van der Waals surface area contributed by atoms with Crippen LogP contribution in [0.2, 0.25) is 0 Å². The van der Waals surface area contributed by atoms with Gasteiger partial charge >= 0.3 is 13.3 Å². The lowest BCUT2D eigenvalue weighted by molar-refractivity contribution is 0.107. The first-order chi connectivity index (χ1) is 12.1. The van der Waals surface area contributed by atoms with Gasteiger partial charge in [-0.3, -0.25) is 0 Å². The van der Waals surface area contributed by atoms with Crippen LogP contribution in [-0.4, -0.2) is 5.52 Å². The van der Waals surface area contributed by atoms with Crippen LogP contribution < -0.4 is 0 Å². The van der Waals surface area contributed by atoms with Gasteiger partial charge < -0.3 is 0 Å². The van der Waals surface area contributed by atoms with Crippen LogP contribution in [0.3, 0.4) is 0 Å². The summed E-state index contributed by atoms with van der Waals surface area (Å²) in [6, 6.07) is 24.9. The molecular weight excluding hydrogens is 327 g/mol. The highest BCUT2D eigenvalue weighted by Crippen LogP contribution is 2.48. The third-order valence-electron chi connectivity index (χ3n) is 4.36. The van der Waals surface area contributed by atoms with Gasteiger partial charge in [-0.2, -0.15) is 0 Å². The lowest BCUT2D eigenvalue weighted by Crippen LogP contribution is -2.06. The van der Waals surface area contributed by atoms with Gasteiger partial charge in [-0.15, -0.1) is 0 Å². The predicted molar refractivity (Wildman–Crippen MR) is 103 cm³/mol. The van der Waals surface area contributed by atoms with E-state index in [0.29, 0.717) is 5.56 Å². The summed E-state index contributed by atoms with van der Waals surface area (Å²) in [5.74, 6) is 0. The maximum Gasteiger partial charge on any atom is 0.432 e. The summed E-state index contributed by atoms with van der Waals surface area (Å²) in [5.41, 5.74) is 3.40. The molecule has 0 amide bonds. The molecule has 0 saturated heterocycles. The molecule has 0 N–H and O–H groups in total. The van der Waals surface area contributed by atoms with Gasteiger partial charge in [0.05, 0.1) is 5.56 Å². The van der Waals surface area contributed by atoms with Crippen LogP contribution in [0.1, 0.15) is 38.3 Å². The molecule has 0 aliphatic carbocycles. The van der Waals surface area contributed by atoms with Crippen molar-refractivity contribution in [2.24, 2.45) is 0 Å². The van der Waals surface area contributed by atoms with Crippen LogP contribution in [0.15, 0.2) is 78.9 Å². The Hall–Kier alpha value is -2.57. The SMILES string of the molecule is Cc1cccc(C)c1C(=O)[P+](=O)C(c1ccccc1)c1ccccc1. The molecule has 2 nitrogen and oxygen atoms in total. The van der Waals surface area contributed by atoms with Crippen molar-refractivity contribution in [1.29, 1.82) is 0 Å². The Morgan fingerprint density at radius 2 is 1.16 bits per heavy atom.